The van der Waals surface area contributed by atoms with E-state index in [1.54, 1.807) is 32.2 Å². The molecule has 108 valence electrons. The van der Waals surface area contributed by atoms with Gasteiger partial charge in [-0.2, -0.15) is 0 Å². The number of halogens is 1. The number of para-hydroxylation sites is 1. The smallest absolute Gasteiger partial charge is 0.271 e. The number of aryl methyl sites for hydroxylation is 1. The largest absolute Gasteiger partial charge is 0.315 e. The van der Waals surface area contributed by atoms with Crippen LogP contribution in [0.2, 0.25) is 0 Å². The standard InChI is InChI=1S/C13H15FN2O2S2/c1-9-4-3-5-11(14)13(9)16-20(17,18)12-7-6-10(19-12)8-15-2/h3-7,15-16H,8H2,1-2H3. The fourth-order valence-corrected chi connectivity index (χ4v) is 4.22. The second kappa shape index (κ2) is 5.90. The van der Waals surface area contributed by atoms with Gasteiger partial charge in [-0.3, -0.25) is 4.72 Å². The fourth-order valence-electron chi connectivity index (χ4n) is 1.72. The highest BCUT2D eigenvalue weighted by Crippen LogP contribution is 2.26. The molecule has 0 amide bonds. The molecule has 0 aliphatic carbocycles. The van der Waals surface area contributed by atoms with Crippen LogP contribution in [0.4, 0.5) is 10.1 Å². The van der Waals surface area contributed by atoms with Crippen LogP contribution < -0.4 is 10.0 Å². The summed E-state index contributed by atoms with van der Waals surface area (Å²) in [5.74, 6) is -0.583. The number of nitrogens with one attached hydrogen (secondary N) is 2. The van der Waals surface area contributed by atoms with Gasteiger partial charge in [0, 0.05) is 11.4 Å². The molecule has 0 saturated heterocycles. The average Bonchev–Trinajstić information content (AvgIpc) is 2.84. The van der Waals surface area contributed by atoms with Crippen molar-refractivity contribution in [2.45, 2.75) is 17.7 Å². The molecule has 0 unspecified atom stereocenters. The first-order valence-electron chi connectivity index (χ1n) is 5.95. The minimum absolute atomic E-state index is 0.00364. The van der Waals surface area contributed by atoms with Crippen molar-refractivity contribution >= 4 is 27.0 Å². The Labute approximate surface area is 121 Å². The molecule has 4 nitrogen and oxygen atoms in total. The monoisotopic (exact) mass is 314 g/mol. The summed E-state index contributed by atoms with van der Waals surface area (Å²) in [6.07, 6.45) is 0. The highest BCUT2D eigenvalue weighted by Gasteiger charge is 2.19. The van der Waals surface area contributed by atoms with Gasteiger partial charge in [0.2, 0.25) is 0 Å². The van der Waals surface area contributed by atoms with Crippen molar-refractivity contribution in [1.82, 2.24) is 5.32 Å². The first kappa shape index (κ1) is 15.0. The van der Waals surface area contributed by atoms with E-state index < -0.39 is 15.8 Å². The van der Waals surface area contributed by atoms with Crippen LogP contribution in [0.1, 0.15) is 10.4 Å². The number of hydrogen-bond acceptors (Lipinski definition) is 4. The molecule has 1 aromatic heterocycles. The summed E-state index contributed by atoms with van der Waals surface area (Å²) in [6, 6.07) is 7.69. The molecule has 0 aliphatic heterocycles. The van der Waals surface area contributed by atoms with Crippen molar-refractivity contribution in [3.05, 3.63) is 46.6 Å². The number of anilines is 1. The number of benzene rings is 1. The van der Waals surface area contributed by atoms with Gasteiger partial charge in [-0.25, -0.2) is 12.8 Å². The van der Waals surface area contributed by atoms with Gasteiger partial charge in [-0.1, -0.05) is 12.1 Å². The van der Waals surface area contributed by atoms with Crippen LogP contribution in [0.5, 0.6) is 0 Å². The lowest BCUT2D eigenvalue weighted by Gasteiger charge is -2.10. The van der Waals surface area contributed by atoms with Gasteiger partial charge >= 0.3 is 0 Å². The number of sulfonamides is 1. The highest BCUT2D eigenvalue weighted by molar-refractivity contribution is 7.94. The van der Waals surface area contributed by atoms with Crippen LogP contribution in [0.25, 0.3) is 0 Å². The van der Waals surface area contributed by atoms with Crippen LogP contribution in [-0.4, -0.2) is 15.5 Å². The maximum absolute atomic E-state index is 13.7. The van der Waals surface area contributed by atoms with E-state index in [9.17, 15) is 12.8 Å². The van der Waals surface area contributed by atoms with Crippen LogP contribution in [0.15, 0.2) is 34.5 Å². The van der Waals surface area contributed by atoms with Gasteiger partial charge in [0.05, 0.1) is 5.69 Å². The van der Waals surface area contributed by atoms with Crippen molar-refractivity contribution < 1.29 is 12.8 Å². The van der Waals surface area contributed by atoms with E-state index >= 15 is 0 Å². The predicted molar refractivity (Wildman–Crippen MR) is 79.0 cm³/mol. The molecule has 0 aliphatic rings. The summed E-state index contributed by atoms with van der Waals surface area (Å²) in [7, 11) is -1.97. The van der Waals surface area contributed by atoms with Gasteiger partial charge in [-0.05, 0) is 37.7 Å². The molecule has 2 N–H and O–H groups in total. The van der Waals surface area contributed by atoms with E-state index in [1.807, 2.05) is 0 Å². The van der Waals surface area contributed by atoms with E-state index in [0.29, 0.717) is 12.1 Å². The van der Waals surface area contributed by atoms with Crippen molar-refractivity contribution in [1.29, 1.82) is 0 Å². The topological polar surface area (TPSA) is 58.2 Å². The third-order valence-corrected chi connectivity index (χ3v) is 5.64. The van der Waals surface area contributed by atoms with Crippen LogP contribution in [0, 0.1) is 12.7 Å². The quantitative estimate of drug-likeness (QED) is 0.892. The SMILES string of the molecule is CNCc1ccc(S(=O)(=O)Nc2c(C)cccc2F)s1. The number of thiophene rings is 1. The van der Waals surface area contributed by atoms with E-state index in [-0.39, 0.29) is 9.90 Å². The maximum Gasteiger partial charge on any atom is 0.271 e. The number of hydrogen-bond donors (Lipinski definition) is 2. The van der Waals surface area contributed by atoms with E-state index in [4.69, 9.17) is 0 Å². The van der Waals surface area contributed by atoms with Crippen LogP contribution in [0.3, 0.4) is 0 Å². The minimum atomic E-state index is -3.76. The molecule has 2 rings (SSSR count). The molecule has 1 aromatic carbocycles. The van der Waals surface area contributed by atoms with Crippen molar-refractivity contribution in [3.63, 3.8) is 0 Å². The second-order valence-corrected chi connectivity index (χ2v) is 7.37. The van der Waals surface area contributed by atoms with Gasteiger partial charge in [-0.15, -0.1) is 11.3 Å². The molecule has 0 saturated carbocycles. The summed E-state index contributed by atoms with van der Waals surface area (Å²) >= 11 is 1.16. The molecular formula is C13H15FN2O2S2. The van der Waals surface area contributed by atoms with Gasteiger partial charge in [0.25, 0.3) is 10.0 Å². The Kier molecular flexibility index (Phi) is 4.42. The summed E-state index contributed by atoms with van der Waals surface area (Å²) in [5.41, 5.74) is 0.539. The molecule has 1 heterocycles. The zero-order valence-electron chi connectivity index (χ0n) is 11.1. The van der Waals surface area contributed by atoms with Crippen molar-refractivity contribution in [2.75, 3.05) is 11.8 Å². The minimum Gasteiger partial charge on any atom is -0.315 e. The predicted octanol–water partition coefficient (Wildman–Crippen LogP) is 2.72. The van der Waals surface area contributed by atoms with Gasteiger partial charge in [0.1, 0.15) is 10.0 Å². The molecule has 20 heavy (non-hydrogen) atoms. The lowest BCUT2D eigenvalue weighted by atomic mass is 10.2. The normalized spacial score (nSPS) is 11.6. The third kappa shape index (κ3) is 3.17. The third-order valence-electron chi connectivity index (χ3n) is 2.71. The van der Waals surface area contributed by atoms with Gasteiger partial charge < -0.3 is 5.32 Å². The van der Waals surface area contributed by atoms with E-state index in [1.165, 1.54) is 12.1 Å². The molecule has 0 fully saturated rings. The maximum atomic E-state index is 13.7. The zero-order chi connectivity index (χ0) is 14.8. The molecule has 0 bridgehead atoms. The Bertz CT molecular complexity index is 691. The Morgan fingerprint density at radius 2 is 2.00 bits per heavy atom. The Hall–Kier alpha value is -1.44. The van der Waals surface area contributed by atoms with Crippen LogP contribution >= 0.6 is 11.3 Å². The molecular weight excluding hydrogens is 299 g/mol. The van der Waals surface area contributed by atoms with Gasteiger partial charge in [0.15, 0.2) is 0 Å². The summed E-state index contributed by atoms with van der Waals surface area (Å²) < 4.78 is 40.6. The van der Waals surface area contributed by atoms with Crippen molar-refractivity contribution in [3.8, 4) is 0 Å². The van der Waals surface area contributed by atoms with Crippen molar-refractivity contribution in [2.24, 2.45) is 0 Å². The summed E-state index contributed by atoms with van der Waals surface area (Å²) in [6.45, 7) is 2.25. The lowest BCUT2D eigenvalue weighted by Crippen LogP contribution is -2.13. The zero-order valence-corrected chi connectivity index (χ0v) is 12.7. The summed E-state index contributed by atoms with van der Waals surface area (Å²) in [4.78, 5) is 0.901. The average molecular weight is 314 g/mol. The first-order chi connectivity index (χ1) is 9.44. The highest BCUT2D eigenvalue weighted by atomic mass is 32.2. The molecule has 7 heteroatoms. The van der Waals surface area contributed by atoms with E-state index in [2.05, 4.69) is 10.0 Å². The Balaban J connectivity index is 2.31. The second-order valence-electron chi connectivity index (χ2n) is 4.29. The first-order valence-corrected chi connectivity index (χ1v) is 8.25. The summed E-state index contributed by atoms with van der Waals surface area (Å²) in [5, 5.41) is 2.95. The molecule has 0 radical (unpaired) electrons. The molecule has 2 aromatic rings. The van der Waals surface area contributed by atoms with Crippen LogP contribution in [-0.2, 0) is 16.6 Å². The molecule has 0 spiro atoms. The number of rotatable bonds is 5. The molecule has 0 atom stereocenters. The lowest BCUT2D eigenvalue weighted by molar-refractivity contribution is 0.600. The van der Waals surface area contributed by atoms with E-state index in [0.717, 1.165) is 16.2 Å². The fraction of sp³-hybridized carbons (Fsp3) is 0.231. The Morgan fingerprint density at radius 3 is 2.65 bits per heavy atom. The Morgan fingerprint density at radius 1 is 1.25 bits per heavy atom.